The van der Waals surface area contributed by atoms with Gasteiger partial charge in [-0.25, -0.2) is 8.42 Å². The Kier molecular flexibility index (Phi) is 17.1. The van der Waals surface area contributed by atoms with Crippen LogP contribution in [-0.4, -0.2) is 58.0 Å². The Bertz CT molecular complexity index is 600. The van der Waals surface area contributed by atoms with Gasteiger partial charge in [-0.2, -0.15) is 8.42 Å². The first kappa shape index (κ1) is 29.9. The molecule has 0 aromatic rings. The SMILES string of the molecule is CCOC(=O)CS(=O)(=O)Cl.CCOC(=O)CS(=O)(=O)O.O=P(Cl)(Cl)Cl. The number of hydrogen-bond acceptors (Lipinski definition) is 9. The Morgan fingerprint density at radius 1 is 0.920 bits per heavy atom. The van der Waals surface area contributed by atoms with Crippen molar-refractivity contribution >= 4 is 80.7 Å². The van der Waals surface area contributed by atoms with Crippen LogP contribution in [-0.2, 0) is 42.8 Å². The van der Waals surface area contributed by atoms with Gasteiger partial charge in [-0.15, -0.1) is 0 Å². The Labute approximate surface area is 163 Å². The van der Waals surface area contributed by atoms with E-state index in [1.54, 1.807) is 13.8 Å². The third-order valence-electron chi connectivity index (χ3n) is 1.20. The minimum absolute atomic E-state index is 0.106. The van der Waals surface area contributed by atoms with E-state index in [0.29, 0.717) is 0 Å². The van der Waals surface area contributed by atoms with Gasteiger partial charge in [0.1, 0.15) is 0 Å². The molecule has 0 aliphatic carbocycles. The second-order valence-corrected chi connectivity index (χ2v) is 14.3. The highest BCUT2D eigenvalue weighted by atomic mass is 36.0. The molecule has 25 heavy (non-hydrogen) atoms. The zero-order valence-corrected chi connectivity index (χ0v) is 18.3. The van der Waals surface area contributed by atoms with Gasteiger partial charge >= 0.3 is 17.1 Å². The van der Waals surface area contributed by atoms with E-state index in [0.717, 1.165) is 0 Å². The van der Waals surface area contributed by atoms with E-state index in [9.17, 15) is 31.0 Å². The van der Waals surface area contributed by atoms with Crippen molar-refractivity contribution in [3.63, 3.8) is 0 Å². The van der Waals surface area contributed by atoms with E-state index in [2.05, 4.69) is 43.2 Å². The fraction of sp³-hybridized carbons (Fsp3) is 0.750. The lowest BCUT2D eigenvalue weighted by Gasteiger charge is -1.97. The van der Waals surface area contributed by atoms with Gasteiger partial charge in [0.05, 0.1) is 13.2 Å². The fourth-order valence-corrected chi connectivity index (χ4v) is 1.71. The molecule has 0 saturated heterocycles. The molecule has 0 rings (SSSR count). The zero-order valence-electron chi connectivity index (χ0n) is 12.7. The van der Waals surface area contributed by atoms with Gasteiger partial charge < -0.3 is 9.47 Å². The van der Waals surface area contributed by atoms with E-state index in [1.165, 1.54) is 0 Å². The molecule has 0 atom stereocenters. The first-order chi connectivity index (χ1) is 10.9. The molecule has 0 radical (unpaired) electrons. The molecule has 0 bridgehead atoms. The van der Waals surface area contributed by atoms with E-state index in [1.807, 2.05) is 0 Å². The van der Waals surface area contributed by atoms with Crippen LogP contribution in [0.25, 0.3) is 0 Å². The molecule has 1 N–H and O–H groups in total. The summed E-state index contributed by atoms with van der Waals surface area (Å²) in [4.78, 5) is 20.7. The third kappa shape index (κ3) is 45.4. The molecule has 0 heterocycles. The molecular formula is C8H15Cl4O10PS2. The lowest BCUT2D eigenvalue weighted by molar-refractivity contribution is -0.141. The molecule has 0 spiro atoms. The molecule has 0 amide bonds. The number of hydrogen-bond donors (Lipinski definition) is 1. The zero-order chi connectivity index (χ0) is 20.9. The summed E-state index contributed by atoms with van der Waals surface area (Å²) in [7, 11) is -3.23. The van der Waals surface area contributed by atoms with Crippen LogP contribution in [0.15, 0.2) is 0 Å². The lowest BCUT2D eigenvalue weighted by atomic mass is 10.8. The molecule has 152 valence electrons. The third-order valence-corrected chi connectivity index (χ3v) is 2.71. The Hall–Kier alpha value is 0.190. The fourth-order valence-electron chi connectivity index (χ4n) is 0.695. The van der Waals surface area contributed by atoms with Crippen LogP contribution in [0.3, 0.4) is 0 Å². The molecule has 0 aromatic carbocycles. The van der Waals surface area contributed by atoms with Crippen LogP contribution < -0.4 is 0 Å². The summed E-state index contributed by atoms with van der Waals surface area (Å²) in [5.74, 6) is -3.49. The Morgan fingerprint density at radius 2 is 1.20 bits per heavy atom. The highest BCUT2D eigenvalue weighted by Gasteiger charge is 2.13. The molecule has 0 aromatic heterocycles. The van der Waals surface area contributed by atoms with Gasteiger partial charge in [0, 0.05) is 10.7 Å². The van der Waals surface area contributed by atoms with Crippen LogP contribution in [0.2, 0.25) is 0 Å². The van der Waals surface area contributed by atoms with Crippen molar-refractivity contribution in [2.75, 3.05) is 24.7 Å². The molecule has 0 unspecified atom stereocenters. The summed E-state index contributed by atoms with van der Waals surface area (Å²) in [5, 5.41) is -3.22. The van der Waals surface area contributed by atoms with Crippen molar-refractivity contribution in [1.82, 2.24) is 0 Å². The number of ether oxygens (including phenoxy) is 2. The first-order valence-electron chi connectivity index (χ1n) is 5.79. The number of rotatable bonds is 6. The van der Waals surface area contributed by atoms with Crippen molar-refractivity contribution in [2.24, 2.45) is 0 Å². The quantitative estimate of drug-likeness (QED) is 0.244. The lowest BCUT2D eigenvalue weighted by Crippen LogP contribution is -2.17. The predicted molar refractivity (Wildman–Crippen MR) is 94.5 cm³/mol. The second-order valence-electron chi connectivity index (χ2n) is 3.42. The van der Waals surface area contributed by atoms with Crippen molar-refractivity contribution in [2.45, 2.75) is 13.8 Å². The summed E-state index contributed by atoms with van der Waals surface area (Å²) in [5.41, 5.74) is 0. The molecule has 0 aliphatic rings. The predicted octanol–water partition coefficient (Wildman–Crippen LogP) is 2.37. The average Bonchev–Trinajstić information content (AvgIpc) is 2.22. The molecular weight excluding hydrogens is 493 g/mol. The molecule has 17 heteroatoms. The molecule has 0 fully saturated rings. The van der Waals surface area contributed by atoms with Gasteiger partial charge in [-0.3, -0.25) is 18.7 Å². The second kappa shape index (κ2) is 14.3. The summed E-state index contributed by atoms with van der Waals surface area (Å²) >= 11 is 13.8. The average molecular weight is 508 g/mol. The topological polar surface area (TPSA) is 158 Å². The van der Waals surface area contributed by atoms with Crippen LogP contribution >= 0.6 is 49.6 Å². The summed E-state index contributed by atoms with van der Waals surface area (Å²) < 4.78 is 66.5. The van der Waals surface area contributed by atoms with Gasteiger partial charge in [0.2, 0.25) is 9.05 Å². The van der Waals surface area contributed by atoms with E-state index >= 15 is 0 Å². The summed E-state index contributed by atoms with van der Waals surface area (Å²) in [6, 6.07) is 0. The molecule has 0 saturated carbocycles. The summed E-state index contributed by atoms with van der Waals surface area (Å²) in [6.45, 7) is 3.39. The molecule has 0 aliphatic heterocycles. The maximum atomic E-state index is 10.4. The largest absolute Gasteiger partial charge is 0.465 e. The maximum Gasteiger partial charge on any atom is 0.339 e. The number of carbonyl (C=O) groups is 2. The van der Waals surface area contributed by atoms with Crippen molar-refractivity contribution in [1.29, 1.82) is 0 Å². The minimum atomic E-state index is -4.22. The van der Waals surface area contributed by atoms with Gasteiger partial charge in [-0.05, 0) is 47.6 Å². The Balaban J connectivity index is -0.000000308. The first-order valence-corrected chi connectivity index (χ1v) is 14.3. The smallest absolute Gasteiger partial charge is 0.339 e. The normalized spacial score (nSPS) is 11.2. The van der Waals surface area contributed by atoms with Gasteiger partial charge in [0.15, 0.2) is 11.5 Å². The van der Waals surface area contributed by atoms with Crippen molar-refractivity contribution in [3.05, 3.63) is 0 Å². The number of esters is 2. The minimum Gasteiger partial charge on any atom is -0.465 e. The number of halogens is 4. The monoisotopic (exact) mass is 506 g/mol. The standard InChI is InChI=1S/C4H7ClO4S.C4H8O5S.Cl3OP/c1-2-9-4(6)3-10(5,7)8;1-2-9-4(5)3-10(6,7)8;1-5(2,3)4/h2-3H2,1H3;2-3H2,1H3,(H,6,7,8);. The van der Waals surface area contributed by atoms with Crippen LogP contribution in [0.1, 0.15) is 13.8 Å². The van der Waals surface area contributed by atoms with Crippen molar-refractivity contribution in [3.8, 4) is 0 Å². The van der Waals surface area contributed by atoms with Crippen LogP contribution in [0, 0.1) is 0 Å². The van der Waals surface area contributed by atoms with Crippen LogP contribution in [0.5, 0.6) is 0 Å². The van der Waals surface area contributed by atoms with Crippen molar-refractivity contribution < 1.29 is 45.0 Å². The van der Waals surface area contributed by atoms with E-state index in [4.69, 9.17) is 15.2 Å². The summed E-state index contributed by atoms with van der Waals surface area (Å²) in [6.07, 6.45) is 0. The maximum absolute atomic E-state index is 10.4. The van der Waals surface area contributed by atoms with Crippen LogP contribution in [0.4, 0.5) is 0 Å². The van der Waals surface area contributed by atoms with E-state index < -0.39 is 47.8 Å². The van der Waals surface area contributed by atoms with Gasteiger partial charge in [-0.1, -0.05) is 0 Å². The highest BCUT2D eigenvalue weighted by Crippen LogP contribution is 2.61. The van der Waals surface area contributed by atoms with E-state index in [-0.39, 0.29) is 13.2 Å². The number of carbonyl (C=O) groups excluding carboxylic acids is 2. The molecule has 10 nitrogen and oxygen atoms in total. The highest BCUT2D eigenvalue weighted by molar-refractivity contribution is 8.24. The van der Waals surface area contributed by atoms with Gasteiger partial charge in [0.25, 0.3) is 10.1 Å². The Morgan fingerprint density at radius 3 is 1.40 bits per heavy atom.